The van der Waals surface area contributed by atoms with Crippen molar-refractivity contribution in [3.63, 3.8) is 0 Å². The summed E-state index contributed by atoms with van der Waals surface area (Å²) >= 11 is 0. The first-order valence-corrected chi connectivity index (χ1v) is 5.69. The highest BCUT2D eigenvalue weighted by Crippen LogP contribution is 2.20. The van der Waals surface area contributed by atoms with Gasteiger partial charge in [-0.1, -0.05) is 0 Å². The second kappa shape index (κ2) is 5.69. The molecule has 0 spiro atoms. The molecule has 2 amide bonds. The molecule has 2 N–H and O–H groups in total. The Labute approximate surface area is 105 Å². The molecule has 1 aliphatic rings. The number of carboxylic acids is 1. The number of β-amino-alcohol motifs (C(OH)–C–C–N with tert-alkyl or cyclic N) is 1. The second-order valence-corrected chi connectivity index (χ2v) is 4.50. The number of aliphatic carboxylic acids is 1. The lowest BCUT2D eigenvalue weighted by Crippen LogP contribution is -2.49. The molecule has 7 nitrogen and oxygen atoms in total. The monoisotopic (exact) mass is 255 g/mol. The average molecular weight is 255 g/mol. The maximum absolute atomic E-state index is 12.1. The van der Waals surface area contributed by atoms with Gasteiger partial charge in [-0.3, -0.25) is 0 Å². The maximum Gasteiger partial charge on any atom is 0.326 e. The van der Waals surface area contributed by atoms with Gasteiger partial charge in [-0.25, -0.2) is 9.59 Å². The molecule has 0 radical (unpaired) electrons. The Morgan fingerprint density at radius 1 is 1.61 bits per heavy atom. The fraction of sp³-hybridized carbons (Fsp3) is 0.727. The minimum atomic E-state index is -1.12. The van der Waals surface area contributed by atoms with E-state index >= 15 is 0 Å². The largest absolute Gasteiger partial charge is 0.480 e. The van der Waals surface area contributed by atoms with Gasteiger partial charge in [-0.05, 0) is 6.92 Å². The first-order valence-electron chi connectivity index (χ1n) is 5.69. The number of aliphatic hydroxyl groups excluding tert-OH is 1. The van der Waals surface area contributed by atoms with Crippen molar-refractivity contribution in [1.29, 1.82) is 5.26 Å². The van der Waals surface area contributed by atoms with Gasteiger partial charge in [0.1, 0.15) is 6.04 Å². The summed E-state index contributed by atoms with van der Waals surface area (Å²) in [7, 11) is 1.52. The van der Waals surface area contributed by atoms with Gasteiger partial charge < -0.3 is 20.0 Å². The predicted octanol–water partition coefficient (Wildman–Crippen LogP) is -0.140. The first kappa shape index (κ1) is 14.3. The molecule has 1 rings (SSSR count). The third kappa shape index (κ3) is 2.90. The van der Waals surface area contributed by atoms with Gasteiger partial charge in [-0.2, -0.15) is 5.26 Å². The Balaban J connectivity index is 2.76. The highest BCUT2D eigenvalue weighted by molar-refractivity contribution is 5.83. The summed E-state index contributed by atoms with van der Waals surface area (Å²) in [6.07, 6.45) is -0.590. The van der Waals surface area contributed by atoms with Crippen molar-refractivity contribution < 1.29 is 19.8 Å². The molecule has 1 saturated heterocycles. The summed E-state index contributed by atoms with van der Waals surface area (Å²) in [5, 5.41) is 27.0. The molecule has 1 fully saturated rings. The number of hydrogen-bond acceptors (Lipinski definition) is 4. The number of aliphatic hydroxyl groups is 1. The Kier molecular flexibility index (Phi) is 4.50. The lowest BCUT2D eigenvalue weighted by atomic mass is 10.2. The van der Waals surface area contributed by atoms with Crippen LogP contribution in [-0.2, 0) is 4.79 Å². The van der Waals surface area contributed by atoms with E-state index in [0.29, 0.717) is 0 Å². The molecule has 0 bridgehead atoms. The quantitative estimate of drug-likeness (QED) is 0.730. The van der Waals surface area contributed by atoms with Crippen molar-refractivity contribution in [2.24, 2.45) is 0 Å². The Morgan fingerprint density at radius 2 is 2.22 bits per heavy atom. The van der Waals surface area contributed by atoms with E-state index < -0.39 is 24.1 Å². The zero-order valence-electron chi connectivity index (χ0n) is 10.4. The van der Waals surface area contributed by atoms with Crippen LogP contribution in [0.3, 0.4) is 0 Å². The van der Waals surface area contributed by atoms with Crippen molar-refractivity contribution in [3.05, 3.63) is 0 Å². The lowest BCUT2D eigenvalue weighted by molar-refractivity contribution is -0.141. The lowest BCUT2D eigenvalue weighted by Gasteiger charge is -2.30. The van der Waals surface area contributed by atoms with Gasteiger partial charge >= 0.3 is 12.0 Å². The molecule has 1 heterocycles. The Bertz CT molecular complexity index is 379. The van der Waals surface area contributed by atoms with E-state index in [-0.39, 0.29) is 25.4 Å². The van der Waals surface area contributed by atoms with Crippen molar-refractivity contribution in [1.82, 2.24) is 9.80 Å². The first-order chi connectivity index (χ1) is 8.38. The van der Waals surface area contributed by atoms with E-state index in [4.69, 9.17) is 10.4 Å². The number of rotatable bonds is 3. The zero-order chi connectivity index (χ0) is 13.9. The average Bonchev–Trinajstić information content (AvgIpc) is 2.69. The molecule has 0 aromatic rings. The summed E-state index contributed by atoms with van der Waals surface area (Å²) in [5.41, 5.74) is 0. The van der Waals surface area contributed by atoms with Crippen LogP contribution in [-0.4, -0.2) is 63.8 Å². The number of nitriles is 1. The predicted molar refractivity (Wildman–Crippen MR) is 61.6 cm³/mol. The van der Waals surface area contributed by atoms with Crippen molar-refractivity contribution >= 4 is 12.0 Å². The van der Waals surface area contributed by atoms with Crippen LogP contribution in [0.25, 0.3) is 0 Å². The highest BCUT2D eigenvalue weighted by atomic mass is 16.4. The molecule has 18 heavy (non-hydrogen) atoms. The molecular weight excluding hydrogens is 238 g/mol. The molecule has 2 unspecified atom stereocenters. The minimum Gasteiger partial charge on any atom is -0.480 e. The Morgan fingerprint density at radius 3 is 2.72 bits per heavy atom. The SMILES string of the molecule is CC(CC#N)N(C)C(=O)N1CC(O)C[C@H]1C(=O)O. The zero-order valence-corrected chi connectivity index (χ0v) is 10.4. The molecule has 1 aliphatic heterocycles. The van der Waals surface area contributed by atoms with Gasteiger partial charge in [-0.15, -0.1) is 0 Å². The van der Waals surface area contributed by atoms with Gasteiger partial charge in [0.15, 0.2) is 0 Å². The van der Waals surface area contributed by atoms with Gasteiger partial charge in [0, 0.05) is 26.1 Å². The second-order valence-electron chi connectivity index (χ2n) is 4.50. The summed E-state index contributed by atoms with van der Waals surface area (Å²) < 4.78 is 0. The number of carbonyl (C=O) groups excluding carboxylic acids is 1. The summed E-state index contributed by atoms with van der Waals surface area (Å²) in [6, 6.07) is 0.195. The topological polar surface area (TPSA) is 105 Å². The van der Waals surface area contributed by atoms with Crippen LogP contribution in [0.4, 0.5) is 4.79 Å². The molecule has 0 aliphatic carbocycles. The number of nitrogens with zero attached hydrogens (tertiary/aromatic N) is 3. The molecule has 100 valence electrons. The van der Waals surface area contributed by atoms with E-state index in [1.54, 1.807) is 6.92 Å². The van der Waals surface area contributed by atoms with Crippen molar-refractivity contribution in [3.8, 4) is 6.07 Å². The van der Waals surface area contributed by atoms with Gasteiger partial charge in [0.25, 0.3) is 0 Å². The normalized spacial score (nSPS) is 24.4. The molecular formula is C11H17N3O4. The fourth-order valence-corrected chi connectivity index (χ4v) is 1.92. The third-order valence-electron chi connectivity index (χ3n) is 3.16. The number of hydrogen-bond donors (Lipinski definition) is 2. The standard InChI is InChI=1S/C11H17N3O4/c1-7(3-4-12)13(2)11(18)14-6-8(15)5-9(14)10(16)17/h7-9,15H,3,5-6H2,1-2H3,(H,16,17)/t7?,8?,9-/m0/s1. The maximum atomic E-state index is 12.1. The van der Waals surface area contributed by atoms with Crippen LogP contribution in [0.1, 0.15) is 19.8 Å². The number of urea groups is 1. The van der Waals surface area contributed by atoms with Gasteiger partial charge in [0.05, 0.1) is 18.6 Å². The van der Waals surface area contributed by atoms with E-state index in [1.807, 2.05) is 6.07 Å². The van der Waals surface area contributed by atoms with E-state index in [0.717, 1.165) is 4.90 Å². The van der Waals surface area contributed by atoms with Crippen LogP contribution in [0, 0.1) is 11.3 Å². The highest BCUT2D eigenvalue weighted by Gasteiger charge is 2.40. The minimum absolute atomic E-state index is 0.0133. The number of amides is 2. The van der Waals surface area contributed by atoms with E-state index in [9.17, 15) is 14.7 Å². The molecule has 3 atom stereocenters. The van der Waals surface area contributed by atoms with Crippen molar-refractivity contribution in [2.45, 2.75) is 38.0 Å². The number of likely N-dealkylation sites (tertiary alicyclic amines) is 1. The fourth-order valence-electron chi connectivity index (χ4n) is 1.92. The summed E-state index contributed by atoms with van der Waals surface area (Å²) in [4.78, 5) is 25.6. The van der Waals surface area contributed by atoms with E-state index in [1.165, 1.54) is 11.9 Å². The van der Waals surface area contributed by atoms with Crippen LogP contribution < -0.4 is 0 Å². The summed E-state index contributed by atoms with van der Waals surface area (Å²) in [6.45, 7) is 1.73. The van der Waals surface area contributed by atoms with Crippen LogP contribution >= 0.6 is 0 Å². The Hall–Kier alpha value is -1.81. The third-order valence-corrected chi connectivity index (χ3v) is 3.16. The van der Waals surface area contributed by atoms with Crippen LogP contribution in [0.5, 0.6) is 0 Å². The number of carboxylic acid groups (broad SMARTS) is 1. The van der Waals surface area contributed by atoms with Crippen LogP contribution in [0.2, 0.25) is 0 Å². The molecule has 0 aromatic heterocycles. The van der Waals surface area contributed by atoms with Crippen molar-refractivity contribution in [2.75, 3.05) is 13.6 Å². The van der Waals surface area contributed by atoms with Crippen LogP contribution in [0.15, 0.2) is 0 Å². The smallest absolute Gasteiger partial charge is 0.326 e. The molecule has 7 heteroatoms. The molecule has 0 saturated carbocycles. The van der Waals surface area contributed by atoms with E-state index in [2.05, 4.69) is 0 Å². The summed E-state index contributed by atoms with van der Waals surface area (Å²) in [5.74, 6) is -1.12. The van der Waals surface area contributed by atoms with Gasteiger partial charge in [0.2, 0.25) is 0 Å². The molecule has 0 aromatic carbocycles. The number of carbonyl (C=O) groups is 2.